The average molecular weight is 244 g/mol. The molecule has 2 N–H and O–H groups in total. The minimum atomic E-state index is -1.11. The normalized spacial score (nSPS) is 33.7. The van der Waals surface area contributed by atoms with Gasteiger partial charge in [-0.15, -0.1) is 0 Å². The highest BCUT2D eigenvalue weighted by Crippen LogP contribution is 2.35. The van der Waals surface area contributed by atoms with E-state index in [1.54, 1.807) is 6.92 Å². The van der Waals surface area contributed by atoms with Crippen LogP contribution in [0.15, 0.2) is 0 Å². The minimum Gasteiger partial charge on any atom is -0.393 e. The average Bonchev–Trinajstić information content (AvgIpc) is 2.26. The maximum Gasteiger partial charge on any atom is 0.108 e. The highest BCUT2D eigenvalue weighted by Gasteiger charge is 2.33. The molecule has 0 aliphatic heterocycles. The Balaban J connectivity index is 2.52. The van der Waals surface area contributed by atoms with Crippen LogP contribution in [0.4, 0.5) is 0 Å². The molecular weight excluding hydrogens is 216 g/mol. The van der Waals surface area contributed by atoms with Gasteiger partial charge in [-0.25, -0.2) is 0 Å². The van der Waals surface area contributed by atoms with Crippen LogP contribution in [0.5, 0.6) is 0 Å². The van der Waals surface area contributed by atoms with E-state index in [1.807, 2.05) is 0 Å². The fourth-order valence-corrected chi connectivity index (χ4v) is 2.64. The molecule has 3 heteroatoms. The van der Waals surface area contributed by atoms with E-state index >= 15 is 0 Å². The first-order valence-electron chi connectivity index (χ1n) is 6.80. The maximum absolute atomic E-state index is 9.77. The van der Waals surface area contributed by atoms with E-state index in [0.29, 0.717) is 17.8 Å². The van der Waals surface area contributed by atoms with Gasteiger partial charge in [0, 0.05) is 0 Å². The quantitative estimate of drug-likeness (QED) is 0.779. The summed E-state index contributed by atoms with van der Waals surface area (Å²) < 4.78 is 5.87. The topological polar surface area (TPSA) is 49.7 Å². The van der Waals surface area contributed by atoms with Crippen molar-refractivity contribution in [1.82, 2.24) is 0 Å². The molecule has 102 valence electrons. The Hall–Kier alpha value is -0.120. The predicted octanol–water partition coefficient (Wildman–Crippen LogP) is 2.21. The lowest BCUT2D eigenvalue weighted by atomic mass is 9.75. The van der Waals surface area contributed by atoms with Crippen LogP contribution in [-0.4, -0.2) is 35.1 Å². The lowest BCUT2D eigenvalue weighted by Crippen LogP contribution is -2.41. The third-order valence-corrected chi connectivity index (χ3v) is 3.91. The fourth-order valence-electron chi connectivity index (χ4n) is 2.64. The third-order valence-electron chi connectivity index (χ3n) is 3.91. The van der Waals surface area contributed by atoms with Gasteiger partial charge in [-0.3, -0.25) is 0 Å². The number of hydrogen-bond acceptors (Lipinski definition) is 3. The molecule has 1 aliphatic carbocycles. The van der Waals surface area contributed by atoms with Crippen LogP contribution < -0.4 is 0 Å². The van der Waals surface area contributed by atoms with Gasteiger partial charge >= 0.3 is 0 Å². The number of aliphatic hydroxyl groups is 2. The van der Waals surface area contributed by atoms with Crippen molar-refractivity contribution in [2.75, 3.05) is 13.2 Å². The zero-order chi connectivity index (χ0) is 13.1. The Kier molecular flexibility index (Phi) is 5.42. The summed E-state index contributed by atoms with van der Waals surface area (Å²) in [7, 11) is 0. The van der Waals surface area contributed by atoms with Crippen molar-refractivity contribution >= 4 is 0 Å². The van der Waals surface area contributed by atoms with Gasteiger partial charge in [-0.05, 0) is 37.5 Å². The summed E-state index contributed by atoms with van der Waals surface area (Å²) in [6.45, 7) is 8.33. The zero-order valence-electron chi connectivity index (χ0n) is 11.6. The largest absolute Gasteiger partial charge is 0.393 e. The standard InChI is InChI=1S/C14H28O3/c1-10(2)12-6-5-11(3)7-13(12)17-9-14(4,16)8-15/h10-13,15-16H,5-9H2,1-4H3. The maximum atomic E-state index is 9.77. The summed E-state index contributed by atoms with van der Waals surface area (Å²) >= 11 is 0. The molecule has 1 aliphatic rings. The zero-order valence-corrected chi connectivity index (χ0v) is 11.6. The van der Waals surface area contributed by atoms with E-state index in [1.165, 1.54) is 12.8 Å². The van der Waals surface area contributed by atoms with Crippen molar-refractivity contribution in [1.29, 1.82) is 0 Å². The van der Waals surface area contributed by atoms with Crippen LogP contribution in [-0.2, 0) is 4.74 Å². The molecular formula is C14H28O3. The second-order valence-corrected chi connectivity index (χ2v) is 6.33. The SMILES string of the molecule is CC1CCC(C(C)C)C(OCC(C)(O)CO)C1. The van der Waals surface area contributed by atoms with Crippen LogP contribution in [0.25, 0.3) is 0 Å². The van der Waals surface area contributed by atoms with E-state index in [4.69, 9.17) is 9.84 Å². The number of aliphatic hydroxyl groups excluding tert-OH is 1. The number of ether oxygens (including phenoxy) is 1. The molecule has 0 aromatic heterocycles. The summed E-state index contributed by atoms with van der Waals surface area (Å²) in [6.07, 6.45) is 3.80. The molecule has 1 rings (SSSR count). The van der Waals surface area contributed by atoms with Crippen molar-refractivity contribution in [3.8, 4) is 0 Å². The highest BCUT2D eigenvalue weighted by atomic mass is 16.5. The first-order valence-corrected chi connectivity index (χ1v) is 6.80. The lowest BCUT2D eigenvalue weighted by molar-refractivity contribution is -0.116. The smallest absolute Gasteiger partial charge is 0.108 e. The van der Waals surface area contributed by atoms with E-state index in [9.17, 15) is 5.11 Å². The molecule has 1 fully saturated rings. The van der Waals surface area contributed by atoms with Gasteiger partial charge in [0.15, 0.2) is 0 Å². The van der Waals surface area contributed by atoms with Crippen LogP contribution in [0.3, 0.4) is 0 Å². The molecule has 0 radical (unpaired) electrons. The van der Waals surface area contributed by atoms with Gasteiger partial charge in [0.2, 0.25) is 0 Å². The summed E-state index contributed by atoms with van der Waals surface area (Å²) in [4.78, 5) is 0. The Labute approximate surface area is 105 Å². The van der Waals surface area contributed by atoms with Crippen molar-refractivity contribution in [3.63, 3.8) is 0 Å². The van der Waals surface area contributed by atoms with E-state index in [0.717, 1.165) is 6.42 Å². The summed E-state index contributed by atoms with van der Waals surface area (Å²) in [5.41, 5.74) is -1.11. The Morgan fingerprint density at radius 1 is 1.35 bits per heavy atom. The molecule has 0 amide bonds. The molecule has 0 bridgehead atoms. The summed E-state index contributed by atoms with van der Waals surface area (Å²) in [5, 5.41) is 18.8. The van der Waals surface area contributed by atoms with Gasteiger partial charge in [0.25, 0.3) is 0 Å². The first-order chi connectivity index (χ1) is 7.85. The summed E-state index contributed by atoms with van der Waals surface area (Å²) in [6, 6.07) is 0. The third kappa shape index (κ3) is 4.57. The van der Waals surface area contributed by atoms with Gasteiger partial charge in [0.1, 0.15) is 5.60 Å². The van der Waals surface area contributed by atoms with Crippen LogP contribution in [0.1, 0.15) is 47.0 Å². The van der Waals surface area contributed by atoms with Gasteiger partial charge in [-0.1, -0.05) is 27.2 Å². The number of rotatable bonds is 5. The molecule has 3 nitrogen and oxygen atoms in total. The van der Waals surface area contributed by atoms with E-state index in [2.05, 4.69) is 20.8 Å². The minimum absolute atomic E-state index is 0.226. The van der Waals surface area contributed by atoms with Gasteiger partial charge in [0.05, 0.1) is 19.3 Å². The molecule has 0 aromatic carbocycles. The molecule has 4 unspecified atom stereocenters. The van der Waals surface area contributed by atoms with Crippen molar-refractivity contribution in [2.45, 2.75) is 58.7 Å². The van der Waals surface area contributed by atoms with Gasteiger partial charge in [-0.2, -0.15) is 0 Å². The molecule has 17 heavy (non-hydrogen) atoms. The van der Waals surface area contributed by atoms with Crippen LogP contribution >= 0.6 is 0 Å². The molecule has 0 saturated heterocycles. The van der Waals surface area contributed by atoms with Gasteiger partial charge < -0.3 is 14.9 Å². The molecule has 0 spiro atoms. The lowest BCUT2D eigenvalue weighted by Gasteiger charge is -2.38. The van der Waals surface area contributed by atoms with Crippen molar-refractivity contribution in [3.05, 3.63) is 0 Å². The Morgan fingerprint density at radius 3 is 2.53 bits per heavy atom. The second kappa shape index (κ2) is 6.17. The molecule has 0 aromatic rings. The predicted molar refractivity (Wildman–Crippen MR) is 68.8 cm³/mol. The first kappa shape index (κ1) is 14.9. The summed E-state index contributed by atoms with van der Waals surface area (Å²) in [5.74, 6) is 1.90. The fraction of sp³-hybridized carbons (Fsp3) is 1.00. The molecule has 4 atom stereocenters. The monoisotopic (exact) mass is 244 g/mol. The van der Waals surface area contributed by atoms with E-state index < -0.39 is 5.60 Å². The molecule has 0 heterocycles. The van der Waals surface area contributed by atoms with Crippen molar-refractivity contribution < 1.29 is 14.9 Å². The number of hydrogen-bond donors (Lipinski definition) is 2. The Bertz CT molecular complexity index is 226. The Morgan fingerprint density at radius 2 is 2.00 bits per heavy atom. The van der Waals surface area contributed by atoms with E-state index in [-0.39, 0.29) is 19.3 Å². The van der Waals surface area contributed by atoms with Crippen LogP contribution in [0, 0.1) is 17.8 Å². The van der Waals surface area contributed by atoms with Crippen molar-refractivity contribution in [2.24, 2.45) is 17.8 Å². The highest BCUT2D eigenvalue weighted by molar-refractivity contribution is 4.82. The second-order valence-electron chi connectivity index (χ2n) is 6.33. The molecule has 1 saturated carbocycles. The van der Waals surface area contributed by atoms with Crippen LogP contribution in [0.2, 0.25) is 0 Å².